The molecule has 1 aromatic heterocycles. The van der Waals surface area contributed by atoms with Crippen LogP contribution in [0.2, 0.25) is 0 Å². The summed E-state index contributed by atoms with van der Waals surface area (Å²) >= 11 is 5.30. The van der Waals surface area contributed by atoms with Crippen molar-refractivity contribution in [1.82, 2.24) is 9.55 Å². The molecule has 1 heterocycles. The van der Waals surface area contributed by atoms with Gasteiger partial charge < -0.3 is 9.55 Å². The van der Waals surface area contributed by atoms with E-state index in [-0.39, 0.29) is 5.82 Å². The maximum absolute atomic E-state index is 13.7. The van der Waals surface area contributed by atoms with Gasteiger partial charge in [0.15, 0.2) is 4.77 Å². The Morgan fingerprint density at radius 3 is 3.06 bits per heavy atom. The van der Waals surface area contributed by atoms with Crippen LogP contribution in [0.3, 0.4) is 0 Å². The fourth-order valence-electron chi connectivity index (χ4n) is 2.61. The first kappa shape index (κ1) is 11.7. The Hall–Kier alpha value is -1.42. The third-order valence-corrected chi connectivity index (χ3v) is 3.90. The number of allylic oxidation sites excluding steroid dienone is 2. The van der Waals surface area contributed by atoms with E-state index in [1.54, 1.807) is 6.07 Å². The van der Waals surface area contributed by atoms with Gasteiger partial charge in [0.1, 0.15) is 11.3 Å². The molecule has 4 heteroatoms. The van der Waals surface area contributed by atoms with Gasteiger partial charge >= 0.3 is 0 Å². The number of halogens is 1. The number of nitrogens with zero attached hydrogens (tertiary/aromatic N) is 1. The minimum absolute atomic E-state index is 0.235. The highest BCUT2D eigenvalue weighted by Crippen LogP contribution is 2.24. The van der Waals surface area contributed by atoms with E-state index in [9.17, 15) is 4.39 Å². The smallest absolute Gasteiger partial charge is 0.178 e. The first-order valence-corrected chi connectivity index (χ1v) is 6.68. The summed E-state index contributed by atoms with van der Waals surface area (Å²) in [5, 5.41) is 0. The lowest BCUT2D eigenvalue weighted by Crippen LogP contribution is -2.12. The van der Waals surface area contributed by atoms with E-state index < -0.39 is 0 Å². The van der Waals surface area contributed by atoms with Crippen LogP contribution in [0.1, 0.15) is 19.3 Å². The molecule has 3 rings (SSSR count). The number of para-hydroxylation sites is 1. The van der Waals surface area contributed by atoms with Gasteiger partial charge in [-0.25, -0.2) is 4.39 Å². The van der Waals surface area contributed by atoms with Gasteiger partial charge in [-0.3, -0.25) is 0 Å². The minimum atomic E-state index is -0.235. The quantitative estimate of drug-likeness (QED) is 0.635. The molecular weight excluding hydrogens is 247 g/mol. The first-order chi connectivity index (χ1) is 8.75. The van der Waals surface area contributed by atoms with Crippen molar-refractivity contribution in [2.24, 2.45) is 5.92 Å². The zero-order valence-electron chi connectivity index (χ0n) is 10.0. The molecule has 2 aromatic rings. The summed E-state index contributed by atoms with van der Waals surface area (Å²) in [6, 6.07) is 5.11. The zero-order chi connectivity index (χ0) is 12.5. The third-order valence-electron chi connectivity index (χ3n) is 3.58. The highest BCUT2D eigenvalue weighted by molar-refractivity contribution is 7.71. The second kappa shape index (κ2) is 4.69. The molecule has 18 heavy (non-hydrogen) atoms. The van der Waals surface area contributed by atoms with Gasteiger partial charge in [-0.05, 0) is 49.5 Å². The standard InChI is InChI=1S/C14H15FN2S/c15-11-7-4-8-12-13(11)16-14(18)17(12)9-10-5-2-1-3-6-10/h1-2,4,7-8,10H,3,5-6,9H2,(H,16,18). The number of imidazole rings is 1. The van der Waals surface area contributed by atoms with E-state index in [2.05, 4.69) is 17.1 Å². The topological polar surface area (TPSA) is 20.7 Å². The minimum Gasteiger partial charge on any atom is -0.328 e. The fraction of sp³-hybridized carbons (Fsp3) is 0.357. The maximum Gasteiger partial charge on any atom is 0.178 e. The number of fused-ring (bicyclic) bond motifs is 1. The maximum atomic E-state index is 13.7. The Kier molecular flexibility index (Phi) is 3.04. The van der Waals surface area contributed by atoms with Gasteiger partial charge in [0.25, 0.3) is 0 Å². The molecule has 1 N–H and O–H groups in total. The predicted octanol–water partition coefficient (Wildman–Crippen LogP) is 4.19. The highest BCUT2D eigenvalue weighted by Gasteiger charge is 2.14. The summed E-state index contributed by atoms with van der Waals surface area (Å²) in [5.74, 6) is 0.366. The van der Waals surface area contributed by atoms with E-state index in [1.807, 2.05) is 10.6 Å². The molecule has 0 bridgehead atoms. The lowest BCUT2D eigenvalue weighted by Gasteiger charge is -2.18. The van der Waals surface area contributed by atoms with Crippen molar-refractivity contribution in [3.05, 3.63) is 40.9 Å². The summed E-state index contributed by atoms with van der Waals surface area (Å²) in [4.78, 5) is 2.97. The van der Waals surface area contributed by atoms with Crippen molar-refractivity contribution in [1.29, 1.82) is 0 Å². The molecule has 1 unspecified atom stereocenters. The summed E-state index contributed by atoms with van der Waals surface area (Å²) < 4.78 is 16.3. The molecule has 0 radical (unpaired) electrons. The first-order valence-electron chi connectivity index (χ1n) is 6.28. The largest absolute Gasteiger partial charge is 0.328 e. The predicted molar refractivity (Wildman–Crippen MR) is 73.6 cm³/mol. The number of benzene rings is 1. The third kappa shape index (κ3) is 2.01. The van der Waals surface area contributed by atoms with Crippen molar-refractivity contribution in [2.45, 2.75) is 25.8 Å². The molecule has 1 aromatic carbocycles. The molecule has 1 aliphatic rings. The molecule has 0 saturated carbocycles. The van der Waals surface area contributed by atoms with Gasteiger partial charge in [0.05, 0.1) is 5.52 Å². The number of hydrogen-bond acceptors (Lipinski definition) is 1. The summed E-state index contributed by atoms with van der Waals surface area (Å²) in [6.45, 7) is 0.868. The van der Waals surface area contributed by atoms with Gasteiger partial charge in [0.2, 0.25) is 0 Å². The van der Waals surface area contributed by atoms with Gasteiger partial charge in [-0.2, -0.15) is 0 Å². The molecule has 2 nitrogen and oxygen atoms in total. The molecule has 0 fully saturated rings. The van der Waals surface area contributed by atoms with Crippen LogP contribution < -0.4 is 0 Å². The van der Waals surface area contributed by atoms with Gasteiger partial charge in [-0.1, -0.05) is 18.2 Å². The normalized spacial score (nSPS) is 19.5. The number of H-pyrrole nitrogens is 1. The molecule has 0 aliphatic heterocycles. The highest BCUT2D eigenvalue weighted by atomic mass is 32.1. The number of nitrogens with one attached hydrogen (secondary N) is 1. The lowest BCUT2D eigenvalue weighted by atomic mass is 9.94. The summed E-state index contributed by atoms with van der Waals surface area (Å²) in [5.41, 5.74) is 1.39. The Balaban J connectivity index is 2.01. The van der Waals surface area contributed by atoms with E-state index in [0.29, 0.717) is 16.2 Å². The second-order valence-electron chi connectivity index (χ2n) is 4.83. The number of aromatic amines is 1. The van der Waals surface area contributed by atoms with Crippen LogP contribution in [0.15, 0.2) is 30.4 Å². The number of hydrogen-bond donors (Lipinski definition) is 1. The molecule has 94 valence electrons. The second-order valence-corrected chi connectivity index (χ2v) is 5.21. The monoisotopic (exact) mass is 262 g/mol. The van der Waals surface area contributed by atoms with Crippen molar-refractivity contribution in [3.63, 3.8) is 0 Å². The molecule has 0 spiro atoms. The van der Waals surface area contributed by atoms with Crippen molar-refractivity contribution >= 4 is 23.3 Å². The lowest BCUT2D eigenvalue weighted by molar-refractivity contribution is 0.413. The fourth-order valence-corrected chi connectivity index (χ4v) is 2.88. The van der Waals surface area contributed by atoms with Crippen LogP contribution in [-0.4, -0.2) is 9.55 Å². The Morgan fingerprint density at radius 2 is 2.28 bits per heavy atom. The van der Waals surface area contributed by atoms with E-state index in [4.69, 9.17) is 12.2 Å². The van der Waals surface area contributed by atoms with Crippen LogP contribution in [-0.2, 0) is 6.54 Å². The van der Waals surface area contributed by atoms with Crippen LogP contribution in [0, 0.1) is 16.5 Å². The summed E-state index contributed by atoms with van der Waals surface area (Å²) in [6.07, 6.45) is 7.86. The van der Waals surface area contributed by atoms with Gasteiger partial charge in [0, 0.05) is 6.54 Å². The molecular formula is C14H15FN2S. The van der Waals surface area contributed by atoms with Gasteiger partial charge in [-0.15, -0.1) is 0 Å². The Bertz CT molecular complexity index is 653. The van der Waals surface area contributed by atoms with Crippen LogP contribution in [0.4, 0.5) is 4.39 Å². The van der Waals surface area contributed by atoms with Crippen LogP contribution >= 0.6 is 12.2 Å². The Morgan fingerprint density at radius 1 is 1.39 bits per heavy atom. The van der Waals surface area contributed by atoms with E-state index >= 15 is 0 Å². The van der Waals surface area contributed by atoms with E-state index in [0.717, 1.165) is 24.9 Å². The van der Waals surface area contributed by atoms with Crippen LogP contribution in [0.25, 0.3) is 11.0 Å². The Labute approximate surface area is 110 Å². The zero-order valence-corrected chi connectivity index (χ0v) is 10.8. The average molecular weight is 262 g/mol. The SMILES string of the molecule is Fc1cccc2c1[nH]c(=S)n2CC1CC=CCC1. The number of rotatable bonds is 2. The molecule has 1 atom stereocenters. The van der Waals surface area contributed by atoms with Crippen molar-refractivity contribution in [2.75, 3.05) is 0 Å². The van der Waals surface area contributed by atoms with Crippen molar-refractivity contribution < 1.29 is 4.39 Å². The van der Waals surface area contributed by atoms with E-state index in [1.165, 1.54) is 12.5 Å². The number of aromatic nitrogens is 2. The average Bonchev–Trinajstić information content (AvgIpc) is 2.70. The van der Waals surface area contributed by atoms with Crippen molar-refractivity contribution in [3.8, 4) is 0 Å². The van der Waals surface area contributed by atoms with Crippen LogP contribution in [0.5, 0.6) is 0 Å². The molecule has 1 aliphatic carbocycles. The summed E-state index contributed by atoms with van der Waals surface area (Å²) in [7, 11) is 0. The molecule has 0 amide bonds. The molecule has 0 saturated heterocycles.